The Morgan fingerprint density at radius 1 is 1.29 bits per heavy atom. The number of rotatable bonds is 5. The van der Waals surface area contributed by atoms with Crippen LogP contribution < -0.4 is 15.8 Å². The second kappa shape index (κ2) is 7.00. The molecule has 0 aliphatic heterocycles. The maximum absolute atomic E-state index is 8.87. The summed E-state index contributed by atoms with van der Waals surface area (Å²) in [5, 5.41) is 12.1. The molecule has 0 unspecified atom stereocenters. The zero-order chi connectivity index (χ0) is 15.2. The van der Waals surface area contributed by atoms with E-state index in [9.17, 15) is 0 Å². The summed E-state index contributed by atoms with van der Waals surface area (Å²) >= 11 is 3.45. The van der Waals surface area contributed by atoms with Gasteiger partial charge in [-0.2, -0.15) is 5.26 Å². The number of nitrogens with zero attached hydrogens (tertiary/aromatic N) is 1. The van der Waals surface area contributed by atoms with Crippen molar-refractivity contribution in [2.45, 2.75) is 13.3 Å². The van der Waals surface area contributed by atoms with Crippen LogP contribution in [0.3, 0.4) is 0 Å². The summed E-state index contributed by atoms with van der Waals surface area (Å²) in [5.74, 6) is 0.673. The van der Waals surface area contributed by atoms with Gasteiger partial charge in [0.25, 0.3) is 0 Å². The summed E-state index contributed by atoms with van der Waals surface area (Å²) in [7, 11) is 0. The molecule has 2 aromatic rings. The molecule has 0 aliphatic rings. The van der Waals surface area contributed by atoms with Gasteiger partial charge in [0.2, 0.25) is 0 Å². The highest BCUT2D eigenvalue weighted by Gasteiger charge is 2.05. The van der Waals surface area contributed by atoms with Crippen LogP contribution in [0.15, 0.2) is 40.9 Å². The van der Waals surface area contributed by atoms with Crippen LogP contribution in [0, 0.1) is 11.3 Å². The highest BCUT2D eigenvalue weighted by atomic mass is 79.9. The number of nitrogen functional groups attached to an aromatic ring is 1. The smallest absolute Gasteiger partial charge is 0.144 e. The third-order valence-corrected chi connectivity index (χ3v) is 3.51. The lowest BCUT2D eigenvalue weighted by atomic mass is 10.2. The number of hydrogen-bond donors (Lipinski definition) is 2. The van der Waals surface area contributed by atoms with Crippen LogP contribution in [-0.2, 0) is 0 Å². The first-order valence-corrected chi connectivity index (χ1v) is 7.42. The first kappa shape index (κ1) is 15.2. The van der Waals surface area contributed by atoms with E-state index in [1.54, 1.807) is 12.1 Å². The van der Waals surface area contributed by atoms with Crippen molar-refractivity contribution in [3.8, 4) is 11.8 Å². The molecular weight excluding hydrogens is 330 g/mol. The van der Waals surface area contributed by atoms with Gasteiger partial charge in [-0.25, -0.2) is 0 Å². The molecule has 108 valence electrons. The average Bonchev–Trinajstić information content (AvgIpc) is 2.49. The molecule has 0 spiro atoms. The molecular formula is C16H16BrN3O. The van der Waals surface area contributed by atoms with Crippen molar-refractivity contribution in [1.82, 2.24) is 0 Å². The summed E-state index contributed by atoms with van der Waals surface area (Å²) < 4.78 is 6.44. The third kappa shape index (κ3) is 3.89. The van der Waals surface area contributed by atoms with Gasteiger partial charge in [-0.3, -0.25) is 0 Å². The van der Waals surface area contributed by atoms with Crippen molar-refractivity contribution in [3.05, 3.63) is 46.4 Å². The maximum Gasteiger partial charge on any atom is 0.144 e. The van der Waals surface area contributed by atoms with E-state index in [2.05, 4.69) is 27.3 Å². The minimum Gasteiger partial charge on any atom is -0.491 e. The summed E-state index contributed by atoms with van der Waals surface area (Å²) in [4.78, 5) is 0. The number of ether oxygens (including phenoxy) is 1. The Labute approximate surface area is 132 Å². The molecule has 0 atom stereocenters. The normalized spacial score (nSPS) is 9.95. The van der Waals surface area contributed by atoms with Crippen molar-refractivity contribution in [2.75, 3.05) is 17.7 Å². The minimum absolute atomic E-state index is 0.608. The Kier molecular flexibility index (Phi) is 5.07. The largest absolute Gasteiger partial charge is 0.491 e. The number of halogens is 1. The van der Waals surface area contributed by atoms with Crippen LogP contribution in [-0.4, -0.2) is 6.61 Å². The Bertz CT molecular complexity index is 680. The van der Waals surface area contributed by atoms with E-state index in [1.165, 1.54) is 0 Å². The predicted molar refractivity (Wildman–Crippen MR) is 88.8 cm³/mol. The zero-order valence-corrected chi connectivity index (χ0v) is 13.3. The molecule has 0 fully saturated rings. The third-order valence-electron chi connectivity index (χ3n) is 2.85. The average molecular weight is 346 g/mol. The van der Waals surface area contributed by atoms with Crippen LogP contribution in [0.1, 0.15) is 18.9 Å². The van der Waals surface area contributed by atoms with Gasteiger partial charge in [-0.15, -0.1) is 0 Å². The Hall–Kier alpha value is -2.19. The molecule has 4 nitrogen and oxygen atoms in total. The molecule has 0 saturated carbocycles. The van der Waals surface area contributed by atoms with Gasteiger partial charge >= 0.3 is 0 Å². The molecule has 2 aromatic carbocycles. The number of nitrogens with two attached hydrogens (primary N) is 1. The molecule has 0 aromatic heterocycles. The summed E-state index contributed by atoms with van der Waals surface area (Å²) in [6.07, 6.45) is 0.929. The highest BCUT2D eigenvalue weighted by Crippen LogP contribution is 2.31. The van der Waals surface area contributed by atoms with E-state index in [1.807, 2.05) is 31.2 Å². The topological polar surface area (TPSA) is 71.1 Å². The fraction of sp³-hybridized carbons (Fsp3) is 0.188. The number of benzene rings is 2. The number of hydrogen-bond acceptors (Lipinski definition) is 4. The van der Waals surface area contributed by atoms with Gasteiger partial charge < -0.3 is 15.8 Å². The Morgan fingerprint density at radius 2 is 2.10 bits per heavy atom. The second-order valence-electron chi connectivity index (χ2n) is 4.53. The van der Waals surface area contributed by atoms with E-state index in [4.69, 9.17) is 15.7 Å². The first-order chi connectivity index (χ1) is 10.1. The van der Waals surface area contributed by atoms with Crippen LogP contribution in [0.25, 0.3) is 0 Å². The molecule has 0 aliphatic carbocycles. The molecule has 0 radical (unpaired) electrons. The SMILES string of the molecule is CCCOc1cc(Nc2ccc(C#N)cc2Br)ccc1N. The molecule has 0 bridgehead atoms. The second-order valence-corrected chi connectivity index (χ2v) is 5.39. The van der Waals surface area contributed by atoms with Crippen molar-refractivity contribution in [1.29, 1.82) is 5.26 Å². The lowest BCUT2D eigenvalue weighted by Gasteiger charge is -2.12. The highest BCUT2D eigenvalue weighted by molar-refractivity contribution is 9.10. The standard InChI is InChI=1S/C16H16BrN3O/c1-2-7-21-16-9-12(4-5-14(16)19)20-15-6-3-11(10-18)8-13(15)17/h3-6,8-9,20H,2,7,19H2,1H3. The van der Waals surface area contributed by atoms with Crippen LogP contribution in [0.2, 0.25) is 0 Å². The molecule has 21 heavy (non-hydrogen) atoms. The molecule has 0 heterocycles. The summed E-state index contributed by atoms with van der Waals surface area (Å²) in [6.45, 7) is 2.68. The zero-order valence-electron chi connectivity index (χ0n) is 11.7. The number of nitriles is 1. The number of anilines is 3. The maximum atomic E-state index is 8.87. The van der Waals surface area contributed by atoms with Crippen molar-refractivity contribution >= 4 is 33.0 Å². The molecule has 2 rings (SSSR count). The predicted octanol–water partition coefficient (Wildman–Crippen LogP) is 4.44. The lowest BCUT2D eigenvalue weighted by molar-refractivity contribution is 0.319. The van der Waals surface area contributed by atoms with Gasteiger partial charge in [-0.1, -0.05) is 6.92 Å². The first-order valence-electron chi connectivity index (χ1n) is 6.63. The van der Waals surface area contributed by atoms with Gasteiger partial charge in [0, 0.05) is 16.2 Å². The fourth-order valence-electron chi connectivity index (χ4n) is 1.79. The van der Waals surface area contributed by atoms with Crippen molar-refractivity contribution in [2.24, 2.45) is 0 Å². The molecule has 0 saturated heterocycles. The van der Waals surface area contributed by atoms with E-state index in [0.29, 0.717) is 23.6 Å². The Morgan fingerprint density at radius 3 is 2.76 bits per heavy atom. The van der Waals surface area contributed by atoms with E-state index in [0.717, 1.165) is 22.3 Å². The summed E-state index contributed by atoms with van der Waals surface area (Å²) in [6, 6.07) is 13.1. The monoisotopic (exact) mass is 345 g/mol. The van der Waals surface area contributed by atoms with E-state index >= 15 is 0 Å². The van der Waals surface area contributed by atoms with E-state index in [-0.39, 0.29) is 0 Å². The van der Waals surface area contributed by atoms with Crippen LogP contribution >= 0.6 is 15.9 Å². The molecule has 0 amide bonds. The van der Waals surface area contributed by atoms with Crippen LogP contribution in [0.4, 0.5) is 17.1 Å². The van der Waals surface area contributed by atoms with Crippen molar-refractivity contribution in [3.63, 3.8) is 0 Å². The Balaban J connectivity index is 2.21. The van der Waals surface area contributed by atoms with E-state index < -0.39 is 0 Å². The fourth-order valence-corrected chi connectivity index (χ4v) is 2.27. The van der Waals surface area contributed by atoms with Gasteiger partial charge in [-0.05, 0) is 52.7 Å². The van der Waals surface area contributed by atoms with Crippen molar-refractivity contribution < 1.29 is 4.74 Å². The molecule has 5 heteroatoms. The molecule has 3 N–H and O–H groups in total. The minimum atomic E-state index is 0.608. The summed E-state index contributed by atoms with van der Waals surface area (Å²) in [5.41, 5.74) is 8.87. The quantitative estimate of drug-likeness (QED) is 0.786. The lowest BCUT2D eigenvalue weighted by Crippen LogP contribution is -2.00. The van der Waals surface area contributed by atoms with Gasteiger partial charge in [0.05, 0.1) is 29.6 Å². The van der Waals surface area contributed by atoms with Crippen LogP contribution in [0.5, 0.6) is 5.75 Å². The number of nitrogens with one attached hydrogen (secondary N) is 1. The van der Waals surface area contributed by atoms with Gasteiger partial charge in [0.1, 0.15) is 5.75 Å². The van der Waals surface area contributed by atoms with Gasteiger partial charge in [0.15, 0.2) is 0 Å².